The highest BCUT2D eigenvalue weighted by molar-refractivity contribution is 5.83. The molecule has 4 heteroatoms. The van der Waals surface area contributed by atoms with Gasteiger partial charge in [-0.1, -0.05) is 12.8 Å². The molecule has 0 radical (unpaired) electrons. The van der Waals surface area contributed by atoms with Gasteiger partial charge in [0.15, 0.2) is 0 Å². The minimum Gasteiger partial charge on any atom is -0.354 e. The van der Waals surface area contributed by atoms with Gasteiger partial charge >= 0.3 is 0 Å². The monoisotopic (exact) mass is 199 g/mol. The Balaban J connectivity index is 2.57. The number of carbonyl (C=O) groups is 1. The fourth-order valence-electron chi connectivity index (χ4n) is 2.03. The van der Waals surface area contributed by atoms with Gasteiger partial charge in [0.1, 0.15) is 0 Å². The van der Waals surface area contributed by atoms with Crippen LogP contribution in [-0.2, 0) is 4.79 Å². The first-order valence-corrected chi connectivity index (χ1v) is 5.35. The molecule has 1 aliphatic carbocycles. The highest BCUT2D eigenvalue weighted by Gasteiger charge is 2.40. The van der Waals surface area contributed by atoms with Crippen molar-refractivity contribution in [3.63, 3.8) is 0 Å². The molecule has 2 atom stereocenters. The summed E-state index contributed by atoms with van der Waals surface area (Å²) in [7, 11) is 0. The van der Waals surface area contributed by atoms with E-state index in [9.17, 15) is 4.79 Å². The zero-order chi connectivity index (χ0) is 10.6. The Morgan fingerprint density at radius 1 is 1.57 bits per heavy atom. The summed E-state index contributed by atoms with van der Waals surface area (Å²) in [5.41, 5.74) is 11.0. The minimum absolute atomic E-state index is 0.00553. The molecule has 0 aliphatic heterocycles. The van der Waals surface area contributed by atoms with Crippen molar-refractivity contribution in [1.29, 1.82) is 0 Å². The lowest BCUT2D eigenvalue weighted by Gasteiger charge is -2.37. The minimum atomic E-state index is -0.382. The lowest BCUT2D eigenvalue weighted by atomic mass is 9.71. The van der Waals surface area contributed by atoms with E-state index in [4.69, 9.17) is 11.5 Å². The van der Waals surface area contributed by atoms with Gasteiger partial charge in [0.25, 0.3) is 0 Å². The maximum atomic E-state index is 11.8. The van der Waals surface area contributed by atoms with Crippen molar-refractivity contribution in [2.24, 2.45) is 16.9 Å². The Morgan fingerprint density at radius 3 is 2.86 bits per heavy atom. The van der Waals surface area contributed by atoms with Crippen molar-refractivity contribution in [2.45, 2.75) is 38.6 Å². The Labute approximate surface area is 85.4 Å². The van der Waals surface area contributed by atoms with Crippen molar-refractivity contribution in [2.75, 3.05) is 13.1 Å². The van der Waals surface area contributed by atoms with Gasteiger partial charge in [-0.3, -0.25) is 4.79 Å². The van der Waals surface area contributed by atoms with Crippen molar-refractivity contribution in [3.05, 3.63) is 0 Å². The van der Waals surface area contributed by atoms with E-state index in [0.717, 1.165) is 25.7 Å². The van der Waals surface area contributed by atoms with Crippen molar-refractivity contribution in [1.82, 2.24) is 5.32 Å². The largest absolute Gasteiger partial charge is 0.354 e. The van der Waals surface area contributed by atoms with Gasteiger partial charge in [0.05, 0.1) is 5.41 Å². The molecule has 1 aliphatic rings. The molecule has 0 aromatic heterocycles. The topological polar surface area (TPSA) is 81.1 Å². The lowest BCUT2D eigenvalue weighted by molar-refractivity contribution is -0.132. The van der Waals surface area contributed by atoms with Crippen LogP contribution in [0.4, 0.5) is 0 Å². The summed E-state index contributed by atoms with van der Waals surface area (Å²) in [6, 6.07) is -0.00553. The molecule has 0 saturated heterocycles. The SMILES string of the molecule is CC1(C(=O)NCCN)CCCCC1N. The van der Waals surface area contributed by atoms with Crippen molar-refractivity contribution < 1.29 is 4.79 Å². The summed E-state index contributed by atoms with van der Waals surface area (Å²) in [6.07, 6.45) is 4.08. The van der Waals surface area contributed by atoms with Crippen LogP contribution in [0.15, 0.2) is 0 Å². The number of rotatable bonds is 3. The maximum absolute atomic E-state index is 11.8. The number of carbonyl (C=O) groups excluding carboxylic acids is 1. The van der Waals surface area contributed by atoms with Gasteiger partial charge in [-0.2, -0.15) is 0 Å². The standard InChI is InChI=1S/C10H21N3O/c1-10(9(14)13-7-6-11)5-3-2-4-8(10)12/h8H,2-7,11-12H2,1H3,(H,13,14). The molecule has 82 valence electrons. The molecule has 1 saturated carbocycles. The van der Waals surface area contributed by atoms with E-state index in [1.807, 2.05) is 6.92 Å². The van der Waals surface area contributed by atoms with Crippen LogP contribution in [0.3, 0.4) is 0 Å². The van der Waals surface area contributed by atoms with Gasteiger partial charge in [-0.25, -0.2) is 0 Å². The molecule has 1 amide bonds. The Hall–Kier alpha value is -0.610. The molecule has 0 spiro atoms. The maximum Gasteiger partial charge on any atom is 0.227 e. The van der Waals surface area contributed by atoms with Crippen molar-refractivity contribution in [3.8, 4) is 0 Å². The third kappa shape index (κ3) is 2.25. The average Bonchev–Trinajstić information content (AvgIpc) is 2.19. The van der Waals surface area contributed by atoms with Crippen LogP contribution in [0.2, 0.25) is 0 Å². The number of nitrogens with two attached hydrogens (primary N) is 2. The summed E-state index contributed by atoms with van der Waals surface area (Å²) in [5, 5.41) is 2.83. The Morgan fingerprint density at radius 2 is 2.29 bits per heavy atom. The van der Waals surface area contributed by atoms with Crippen LogP contribution >= 0.6 is 0 Å². The number of hydrogen-bond acceptors (Lipinski definition) is 3. The first-order chi connectivity index (χ1) is 6.61. The molecule has 14 heavy (non-hydrogen) atoms. The van der Waals surface area contributed by atoms with E-state index in [-0.39, 0.29) is 17.4 Å². The van der Waals surface area contributed by atoms with Crippen molar-refractivity contribution >= 4 is 5.91 Å². The predicted molar refractivity (Wildman–Crippen MR) is 56.6 cm³/mol. The predicted octanol–water partition coefficient (Wildman–Crippen LogP) is -0.0311. The van der Waals surface area contributed by atoms with Crippen LogP contribution in [0.1, 0.15) is 32.6 Å². The summed E-state index contributed by atoms with van der Waals surface area (Å²) in [6.45, 7) is 2.99. The second kappa shape index (κ2) is 4.75. The molecular formula is C10H21N3O. The molecule has 2 unspecified atom stereocenters. The Kier molecular flexibility index (Phi) is 3.89. The number of hydrogen-bond donors (Lipinski definition) is 3. The number of nitrogens with one attached hydrogen (secondary N) is 1. The quantitative estimate of drug-likeness (QED) is 0.597. The fraction of sp³-hybridized carbons (Fsp3) is 0.900. The third-order valence-corrected chi connectivity index (χ3v) is 3.23. The molecule has 5 N–H and O–H groups in total. The zero-order valence-corrected chi connectivity index (χ0v) is 8.88. The highest BCUT2D eigenvalue weighted by Crippen LogP contribution is 2.34. The van der Waals surface area contributed by atoms with E-state index >= 15 is 0 Å². The fourth-order valence-corrected chi connectivity index (χ4v) is 2.03. The zero-order valence-electron chi connectivity index (χ0n) is 8.88. The van der Waals surface area contributed by atoms with Crippen LogP contribution in [0, 0.1) is 5.41 Å². The van der Waals surface area contributed by atoms with Gasteiger partial charge < -0.3 is 16.8 Å². The van der Waals surface area contributed by atoms with Gasteiger partial charge in [0, 0.05) is 19.1 Å². The van der Waals surface area contributed by atoms with Crippen LogP contribution in [0.5, 0.6) is 0 Å². The summed E-state index contributed by atoms with van der Waals surface area (Å²) in [5.74, 6) is 0.0650. The van der Waals surface area contributed by atoms with Gasteiger partial charge in [-0.15, -0.1) is 0 Å². The molecular weight excluding hydrogens is 178 g/mol. The molecule has 1 rings (SSSR count). The highest BCUT2D eigenvalue weighted by atomic mass is 16.2. The van der Waals surface area contributed by atoms with E-state index in [0.29, 0.717) is 13.1 Å². The van der Waals surface area contributed by atoms with E-state index in [2.05, 4.69) is 5.32 Å². The summed E-state index contributed by atoms with van der Waals surface area (Å²) in [4.78, 5) is 11.8. The lowest BCUT2D eigenvalue weighted by Crippen LogP contribution is -2.52. The molecule has 0 heterocycles. The Bertz CT molecular complexity index is 208. The van der Waals surface area contributed by atoms with Gasteiger partial charge in [0.2, 0.25) is 5.91 Å². The van der Waals surface area contributed by atoms with Crippen LogP contribution in [0.25, 0.3) is 0 Å². The van der Waals surface area contributed by atoms with E-state index in [1.54, 1.807) is 0 Å². The second-order valence-corrected chi connectivity index (χ2v) is 4.31. The summed E-state index contributed by atoms with van der Waals surface area (Å²) < 4.78 is 0. The number of amides is 1. The molecule has 4 nitrogen and oxygen atoms in total. The van der Waals surface area contributed by atoms with E-state index in [1.165, 1.54) is 0 Å². The molecule has 0 aromatic carbocycles. The normalized spacial score (nSPS) is 32.6. The second-order valence-electron chi connectivity index (χ2n) is 4.31. The van der Waals surface area contributed by atoms with Crippen LogP contribution < -0.4 is 16.8 Å². The van der Waals surface area contributed by atoms with Gasteiger partial charge in [-0.05, 0) is 19.8 Å². The molecule has 0 aromatic rings. The molecule has 1 fully saturated rings. The first kappa shape index (κ1) is 11.5. The molecule has 0 bridgehead atoms. The third-order valence-electron chi connectivity index (χ3n) is 3.23. The van der Waals surface area contributed by atoms with E-state index < -0.39 is 0 Å². The van der Waals surface area contributed by atoms with Crippen LogP contribution in [-0.4, -0.2) is 25.0 Å². The average molecular weight is 199 g/mol. The summed E-state index contributed by atoms with van der Waals surface area (Å²) >= 11 is 0. The smallest absolute Gasteiger partial charge is 0.227 e. The first-order valence-electron chi connectivity index (χ1n) is 5.35.